The summed E-state index contributed by atoms with van der Waals surface area (Å²) >= 11 is 0. The first-order valence-corrected chi connectivity index (χ1v) is 10.4. The van der Waals surface area contributed by atoms with Crippen molar-refractivity contribution in [2.75, 3.05) is 5.32 Å². The van der Waals surface area contributed by atoms with E-state index in [1.165, 1.54) is 47.5 Å². The number of carbonyl (C=O) groups excluding carboxylic acids is 1. The summed E-state index contributed by atoms with van der Waals surface area (Å²) in [5, 5.41) is 11.6. The van der Waals surface area contributed by atoms with E-state index < -0.39 is 41.7 Å². The highest BCUT2D eigenvalue weighted by Crippen LogP contribution is 2.27. The molecule has 0 aliphatic rings. The molecule has 0 fully saturated rings. The van der Waals surface area contributed by atoms with E-state index in [0.29, 0.717) is 5.52 Å². The molecule has 0 bridgehead atoms. The van der Waals surface area contributed by atoms with Crippen molar-refractivity contribution in [2.45, 2.75) is 25.7 Å². The molecule has 4 rings (SSSR count). The van der Waals surface area contributed by atoms with Crippen LogP contribution in [0.5, 0.6) is 0 Å². The standard InChI is InChI=1S/C22H17F3N8O3/c1-12(32-8-6-15-17(32)19(35)33(9-7-26)21(36)31(15)2)18(34)30-16-5-3-4-14(29-16)13-10-27-20(28-11-13)22(23,24)25/h3-6,8,10-12H,9H2,1-2H3,(H,29,30,34). The molecule has 36 heavy (non-hydrogen) atoms. The molecule has 0 aliphatic heterocycles. The van der Waals surface area contributed by atoms with E-state index >= 15 is 0 Å². The van der Waals surface area contributed by atoms with Crippen molar-refractivity contribution in [2.24, 2.45) is 7.05 Å². The van der Waals surface area contributed by atoms with Crippen molar-refractivity contribution < 1.29 is 18.0 Å². The average molecular weight is 498 g/mol. The Balaban J connectivity index is 1.62. The number of amides is 1. The monoisotopic (exact) mass is 498 g/mol. The van der Waals surface area contributed by atoms with E-state index in [0.717, 1.165) is 17.0 Å². The number of pyridine rings is 1. The minimum Gasteiger partial charge on any atom is -0.330 e. The van der Waals surface area contributed by atoms with Gasteiger partial charge in [0.2, 0.25) is 11.7 Å². The molecule has 14 heteroatoms. The van der Waals surface area contributed by atoms with Crippen LogP contribution in [0.4, 0.5) is 19.0 Å². The number of hydrogen-bond acceptors (Lipinski definition) is 7. The number of nitrogens with zero attached hydrogens (tertiary/aromatic N) is 7. The number of nitriles is 1. The lowest BCUT2D eigenvalue weighted by Crippen LogP contribution is -2.39. The van der Waals surface area contributed by atoms with Crippen LogP contribution in [-0.2, 0) is 24.6 Å². The first kappa shape index (κ1) is 24.3. The van der Waals surface area contributed by atoms with Crippen LogP contribution in [-0.4, -0.2) is 34.6 Å². The number of rotatable bonds is 5. The minimum atomic E-state index is -4.68. The molecule has 11 nitrogen and oxygen atoms in total. The van der Waals surface area contributed by atoms with Crippen LogP contribution in [0.2, 0.25) is 0 Å². The van der Waals surface area contributed by atoms with Crippen molar-refractivity contribution >= 4 is 22.8 Å². The maximum atomic E-state index is 13.0. The summed E-state index contributed by atoms with van der Waals surface area (Å²) in [6.07, 6.45) is -1.23. The van der Waals surface area contributed by atoms with Gasteiger partial charge in [-0.3, -0.25) is 14.2 Å². The number of carbonyl (C=O) groups is 1. The van der Waals surface area contributed by atoms with Gasteiger partial charge < -0.3 is 9.88 Å². The van der Waals surface area contributed by atoms with E-state index in [9.17, 15) is 27.6 Å². The average Bonchev–Trinajstić information content (AvgIpc) is 3.30. The lowest BCUT2D eigenvalue weighted by molar-refractivity contribution is -0.145. The number of nitrogens with one attached hydrogen (secondary N) is 1. The molecule has 4 heterocycles. The summed E-state index contributed by atoms with van der Waals surface area (Å²) in [6, 6.07) is 6.90. The zero-order valence-corrected chi connectivity index (χ0v) is 18.8. The van der Waals surface area contributed by atoms with Crippen LogP contribution in [0, 0.1) is 11.3 Å². The molecule has 0 aromatic carbocycles. The molecule has 0 saturated carbocycles. The lowest BCUT2D eigenvalue weighted by Gasteiger charge is -2.16. The van der Waals surface area contributed by atoms with E-state index in [1.807, 2.05) is 0 Å². The van der Waals surface area contributed by atoms with E-state index in [-0.39, 0.29) is 22.6 Å². The fraction of sp³-hybridized carbons (Fsp3) is 0.227. The fourth-order valence-electron chi connectivity index (χ4n) is 3.59. The third-order valence-electron chi connectivity index (χ3n) is 5.45. The molecule has 0 radical (unpaired) electrons. The van der Waals surface area contributed by atoms with Gasteiger partial charge >= 0.3 is 11.9 Å². The fourth-order valence-corrected chi connectivity index (χ4v) is 3.59. The van der Waals surface area contributed by atoms with Gasteiger partial charge in [-0.25, -0.2) is 24.3 Å². The second-order valence-electron chi connectivity index (χ2n) is 7.71. The molecule has 1 unspecified atom stereocenters. The molecule has 0 aliphatic carbocycles. The topological polar surface area (TPSA) is 140 Å². The third kappa shape index (κ3) is 4.33. The Kier molecular flexibility index (Phi) is 6.15. The number of alkyl halides is 3. The van der Waals surface area contributed by atoms with Crippen LogP contribution in [0.25, 0.3) is 22.3 Å². The molecule has 184 valence electrons. The van der Waals surface area contributed by atoms with Crippen LogP contribution in [0.1, 0.15) is 18.8 Å². The SMILES string of the molecule is CC(C(=O)Nc1cccc(-c2cnc(C(F)(F)F)nc2)n1)n1ccc2c1c(=O)n(CC#N)c(=O)n2C. The molecular formula is C22H17F3N8O3. The number of hydrogen-bond donors (Lipinski definition) is 1. The first-order valence-electron chi connectivity index (χ1n) is 10.4. The molecular weight excluding hydrogens is 481 g/mol. The Hall–Kier alpha value is -4.80. The summed E-state index contributed by atoms with van der Waals surface area (Å²) in [6.45, 7) is 1.08. The summed E-state index contributed by atoms with van der Waals surface area (Å²) in [5.74, 6) is -1.73. The highest BCUT2D eigenvalue weighted by Gasteiger charge is 2.34. The highest BCUT2D eigenvalue weighted by molar-refractivity contribution is 5.94. The molecule has 1 atom stereocenters. The molecule has 0 spiro atoms. The Bertz CT molecular complexity index is 1630. The summed E-state index contributed by atoms with van der Waals surface area (Å²) in [5.41, 5.74) is -0.559. The Morgan fingerprint density at radius 1 is 1.19 bits per heavy atom. The number of halogens is 3. The van der Waals surface area contributed by atoms with Gasteiger partial charge in [-0.1, -0.05) is 6.07 Å². The van der Waals surface area contributed by atoms with Crippen LogP contribution in [0.3, 0.4) is 0 Å². The van der Waals surface area contributed by atoms with Crippen molar-refractivity contribution in [3.8, 4) is 17.3 Å². The Labute approximate surface area is 200 Å². The van der Waals surface area contributed by atoms with Gasteiger partial charge in [-0.05, 0) is 25.1 Å². The van der Waals surface area contributed by atoms with Crippen molar-refractivity contribution in [1.82, 2.24) is 28.7 Å². The van der Waals surface area contributed by atoms with Gasteiger partial charge in [0.15, 0.2) is 0 Å². The molecule has 4 aromatic heterocycles. The summed E-state index contributed by atoms with van der Waals surface area (Å²) < 4.78 is 41.5. The van der Waals surface area contributed by atoms with E-state index in [1.54, 1.807) is 12.1 Å². The number of fused-ring (bicyclic) bond motifs is 1. The molecule has 0 saturated heterocycles. The number of anilines is 1. The zero-order chi connectivity index (χ0) is 26.2. The van der Waals surface area contributed by atoms with Gasteiger partial charge in [-0.2, -0.15) is 18.4 Å². The van der Waals surface area contributed by atoms with Crippen LogP contribution >= 0.6 is 0 Å². The lowest BCUT2D eigenvalue weighted by atomic mass is 10.2. The van der Waals surface area contributed by atoms with Gasteiger partial charge in [-0.15, -0.1) is 0 Å². The second kappa shape index (κ2) is 9.10. The van der Waals surface area contributed by atoms with Crippen molar-refractivity contribution in [1.29, 1.82) is 5.26 Å². The van der Waals surface area contributed by atoms with Crippen molar-refractivity contribution in [3.63, 3.8) is 0 Å². The largest absolute Gasteiger partial charge is 0.451 e. The molecule has 4 aromatic rings. The quantitative estimate of drug-likeness (QED) is 0.444. The zero-order valence-electron chi connectivity index (χ0n) is 18.8. The predicted molar refractivity (Wildman–Crippen MR) is 121 cm³/mol. The third-order valence-corrected chi connectivity index (χ3v) is 5.45. The van der Waals surface area contributed by atoms with Crippen LogP contribution in [0.15, 0.2) is 52.4 Å². The van der Waals surface area contributed by atoms with Crippen molar-refractivity contribution in [3.05, 3.63) is 69.5 Å². The van der Waals surface area contributed by atoms with E-state index in [4.69, 9.17) is 5.26 Å². The van der Waals surface area contributed by atoms with Gasteiger partial charge in [0, 0.05) is 31.2 Å². The van der Waals surface area contributed by atoms with Gasteiger partial charge in [0.05, 0.1) is 17.3 Å². The minimum absolute atomic E-state index is 0.0682. The maximum absolute atomic E-state index is 13.0. The normalized spacial score (nSPS) is 12.3. The number of aryl methyl sites for hydroxylation is 1. The Morgan fingerprint density at radius 3 is 2.53 bits per heavy atom. The van der Waals surface area contributed by atoms with Crippen LogP contribution < -0.4 is 16.6 Å². The number of aromatic nitrogens is 6. The first-order chi connectivity index (χ1) is 17.0. The summed E-state index contributed by atoms with van der Waals surface area (Å²) in [7, 11) is 1.45. The molecule has 1 N–H and O–H groups in total. The van der Waals surface area contributed by atoms with Gasteiger partial charge in [0.1, 0.15) is 23.9 Å². The maximum Gasteiger partial charge on any atom is 0.451 e. The van der Waals surface area contributed by atoms with E-state index in [2.05, 4.69) is 20.3 Å². The highest BCUT2D eigenvalue weighted by atomic mass is 19.4. The smallest absolute Gasteiger partial charge is 0.330 e. The Morgan fingerprint density at radius 2 is 1.89 bits per heavy atom. The second-order valence-corrected chi connectivity index (χ2v) is 7.71. The van der Waals surface area contributed by atoms with Gasteiger partial charge in [0.25, 0.3) is 5.56 Å². The molecule has 1 amide bonds. The summed E-state index contributed by atoms with van der Waals surface area (Å²) in [4.78, 5) is 49.1. The predicted octanol–water partition coefficient (Wildman–Crippen LogP) is 2.10.